The highest BCUT2D eigenvalue weighted by Gasteiger charge is 2.07. The van der Waals surface area contributed by atoms with Crippen LogP contribution in [0, 0.1) is 0 Å². The van der Waals surface area contributed by atoms with Gasteiger partial charge in [-0.05, 0) is 30.5 Å². The summed E-state index contributed by atoms with van der Waals surface area (Å²) in [4.78, 5) is 3.31. The van der Waals surface area contributed by atoms with E-state index in [2.05, 4.69) is 33.4 Å². The van der Waals surface area contributed by atoms with Gasteiger partial charge in [-0.2, -0.15) is 5.10 Å². The molecule has 92 valence electrons. The number of hydrogen-bond donors (Lipinski definition) is 3. The van der Waals surface area contributed by atoms with Crippen LogP contribution >= 0.6 is 0 Å². The van der Waals surface area contributed by atoms with Crippen molar-refractivity contribution >= 4 is 10.9 Å². The lowest BCUT2D eigenvalue weighted by atomic mass is 10.0. The number of hydrogen-bond acceptors (Lipinski definition) is 2. The lowest BCUT2D eigenvalue weighted by Crippen LogP contribution is -2.17. The van der Waals surface area contributed by atoms with Crippen molar-refractivity contribution in [3.63, 3.8) is 0 Å². The third-order valence-corrected chi connectivity index (χ3v) is 3.14. The van der Waals surface area contributed by atoms with E-state index < -0.39 is 0 Å². The molecule has 0 amide bonds. The summed E-state index contributed by atoms with van der Waals surface area (Å²) in [6.07, 6.45) is 6.66. The molecule has 1 aromatic carbocycles. The third-order valence-electron chi connectivity index (χ3n) is 3.14. The zero-order chi connectivity index (χ0) is 12.5. The molecule has 4 nitrogen and oxygen atoms in total. The van der Waals surface area contributed by atoms with Crippen LogP contribution in [0.25, 0.3) is 22.0 Å². The van der Waals surface area contributed by atoms with E-state index in [9.17, 15) is 0 Å². The van der Waals surface area contributed by atoms with Gasteiger partial charge in [-0.3, -0.25) is 5.10 Å². The van der Waals surface area contributed by atoms with Gasteiger partial charge in [-0.25, -0.2) is 0 Å². The molecular formula is C14H16N4. The summed E-state index contributed by atoms with van der Waals surface area (Å²) in [6, 6.07) is 6.58. The van der Waals surface area contributed by atoms with Gasteiger partial charge < -0.3 is 10.7 Å². The molecule has 4 N–H and O–H groups in total. The van der Waals surface area contributed by atoms with E-state index in [0.29, 0.717) is 0 Å². The van der Waals surface area contributed by atoms with Crippen LogP contribution in [-0.4, -0.2) is 21.2 Å². The van der Waals surface area contributed by atoms with Crippen molar-refractivity contribution < 1.29 is 0 Å². The molecule has 0 unspecified atom stereocenters. The highest BCUT2D eigenvalue weighted by atomic mass is 15.1. The monoisotopic (exact) mass is 240 g/mol. The Kier molecular flexibility index (Phi) is 2.64. The van der Waals surface area contributed by atoms with Gasteiger partial charge in [0.15, 0.2) is 0 Å². The molecule has 0 bridgehead atoms. The second-order valence-electron chi connectivity index (χ2n) is 4.74. The van der Waals surface area contributed by atoms with Crippen molar-refractivity contribution in [1.82, 2.24) is 15.2 Å². The summed E-state index contributed by atoms with van der Waals surface area (Å²) in [7, 11) is 0. The zero-order valence-electron chi connectivity index (χ0n) is 10.3. The second kappa shape index (κ2) is 4.31. The van der Waals surface area contributed by atoms with E-state index in [4.69, 9.17) is 5.73 Å². The average molecular weight is 240 g/mol. The normalized spacial score (nSPS) is 13.0. The Morgan fingerprint density at radius 2 is 2.17 bits per heavy atom. The molecule has 0 aliphatic heterocycles. The van der Waals surface area contributed by atoms with Crippen LogP contribution in [0.1, 0.15) is 12.5 Å². The Morgan fingerprint density at radius 3 is 2.89 bits per heavy atom. The number of fused-ring (bicyclic) bond motifs is 1. The molecule has 18 heavy (non-hydrogen) atoms. The number of nitrogens with one attached hydrogen (secondary N) is 2. The van der Waals surface area contributed by atoms with Crippen molar-refractivity contribution in [3.8, 4) is 11.1 Å². The molecular weight excluding hydrogens is 224 g/mol. The number of nitrogens with zero attached hydrogens (tertiary/aromatic N) is 1. The lowest BCUT2D eigenvalue weighted by molar-refractivity contribution is 0.741. The molecule has 0 saturated carbocycles. The second-order valence-corrected chi connectivity index (χ2v) is 4.74. The van der Waals surface area contributed by atoms with Crippen LogP contribution in [0.5, 0.6) is 0 Å². The maximum Gasteiger partial charge on any atom is 0.0565 e. The molecule has 0 aliphatic carbocycles. The lowest BCUT2D eigenvalue weighted by Gasteiger charge is -2.03. The van der Waals surface area contributed by atoms with Gasteiger partial charge in [-0.1, -0.05) is 12.1 Å². The molecule has 3 aromatic rings. The zero-order valence-corrected chi connectivity index (χ0v) is 10.3. The summed E-state index contributed by atoms with van der Waals surface area (Å²) in [6.45, 7) is 2.03. The average Bonchev–Trinajstić information content (AvgIpc) is 2.97. The van der Waals surface area contributed by atoms with Gasteiger partial charge in [0.1, 0.15) is 0 Å². The fourth-order valence-electron chi connectivity index (χ4n) is 2.29. The smallest absolute Gasteiger partial charge is 0.0565 e. The third kappa shape index (κ3) is 1.91. The molecule has 0 aliphatic rings. The van der Waals surface area contributed by atoms with Crippen LogP contribution in [0.2, 0.25) is 0 Å². The Labute approximate surface area is 105 Å². The molecule has 3 rings (SSSR count). The SMILES string of the molecule is C[C@@H](N)Cc1c[nH]c2cc(-c3cn[nH]c3)ccc12. The Morgan fingerprint density at radius 1 is 1.28 bits per heavy atom. The minimum atomic E-state index is 0.178. The molecule has 0 fully saturated rings. The molecule has 1 atom stereocenters. The van der Waals surface area contributed by atoms with Crippen molar-refractivity contribution in [3.05, 3.63) is 42.4 Å². The van der Waals surface area contributed by atoms with Crippen LogP contribution in [0.15, 0.2) is 36.8 Å². The number of aromatic amines is 2. The summed E-state index contributed by atoms with van der Waals surface area (Å²) in [5.41, 5.74) is 10.5. The van der Waals surface area contributed by atoms with E-state index in [1.165, 1.54) is 10.9 Å². The Hall–Kier alpha value is -2.07. The number of nitrogens with two attached hydrogens (primary N) is 1. The highest BCUT2D eigenvalue weighted by molar-refractivity contribution is 5.87. The van der Waals surface area contributed by atoms with E-state index in [1.54, 1.807) is 0 Å². The molecule has 0 spiro atoms. The van der Waals surface area contributed by atoms with Gasteiger partial charge in [-0.15, -0.1) is 0 Å². The van der Waals surface area contributed by atoms with Gasteiger partial charge in [0.25, 0.3) is 0 Å². The quantitative estimate of drug-likeness (QED) is 0.658. The first kappa shape index (κ1) is 11.0. The van der Waals surface area contributed by atoms with E-state index in [1.807, 2.05) is 25.5 Å². The number of benzene rings is 1. The predicted molar refractivity (Wildman–Crippen MR) is 73.2 cm³/mol. The summed E-state index contributed by atoms with van der Waals surface area (Å²) >= 11 is 0. The molecule has 0 saturated heterocycles. The molecule has 0 radical (unpaired) electrons. The number of aromatic nitrogens is 3. The van der Waals surface area contributed by atoms with Gasteiger partial charge in [0.2, 0.25) is 0 Å². The fourth-order valence-corrected chi connectivity index (χ4v) is 2.29. The first-order chi connectivity index (χ1) is 8.74. The van der Waals surface area contributed by atoms with Crippen LogP contribution in [0.3, 0.4) is 0 Å². The topological polar surface area (TPSA) is 70.5 Å². The Bertz CT molecular complexity index is 650. The molecule has 2 heterocycles. The maximum atomic E-state index is 5.86. The van der Waals surface area contributed by atoms with Gasteiger partial charge in [0, 0.05) is 34.9 Å². The van der Waals surface area contributed by atoms with Crippen LogP contribution in [-0.2, 0) is 6.42 Å². The van der Waals surface area contributed by atoms with Crippen LogP contribution in [0.4, 0.5) is 0 Å². The first-order valence-corrected chi connectivity index (χ1v) is 6.09. The minimum Gasteiger partial charge on any atom is -0.361 e. The van der Waals surface area contributed by atoms with Gasteiger partial charge >= 0.3 is 0 Å². The van der Waals surface area contributed by atoms with Gasteiger partial charge in [0.05, 0.1) is 6.20 Å². The Balaban J connectivity index is 2.04. The minimum absolute atomic E-state index is 0.178. The fraction of sp³-hybridized carbons (Fsp3) is 0.214. The summed E-state index contributed by atoms with van der Waals surface area (Å²) in [5.74, 6) is 0. The standard InChI is InChI=1S/C14H16N4/c1-9(15)4-11-6-16-14-5-10(2-3-13(11)14)12-7-17-18-8-12/h2-3,5-9,16H,4,15H2,1H3,(H,17,18)/t9-/m1/s1. The molecule has 4 heteroatoms. The van der Waals surface area contributed by atoms with E-state index in [-0.39, 0.29) is 6.04 Å². The number of H-pyrrole nitrogens is 2. The highest BCUT2D eigenvalue weighted by Crippen LogP contribution is 2.25. The summed E-state index contributed by atoms with van der Waals surface area (Å²) < 4.78 is 0. The number of rotatable bonds is 3. The van der Waals surface area contributed by atoms with Crippen molar-refractivity contribution in [2.24, 2.45) is 5.73 Å². The largest absolute Gasteiger partial charge is 0.361 e. The van der Waals surface area contributed by atoms with Crippen molar-refractivity contribution in [2.75, 3.05) is 0 Å². The first-order valence-electron chi connectivity index (χ1n) is 6.09. The summed E-state index contributed by atoms with van der Waals surface area (Å²) in [5, 5.41) is 8.05. The molecule has 2 aromatic heterocycles. The maximum absolute atomic E-state index is 5.86. The van der Waals surface area contributed by atoms with Crippen molar-refractivity contribution in [1.29, 1.82) is 0 Å². The van der Waals surface area contributed by atoms with E-state index >= 15 is 0 Å². The van der Waals surface area contributed by atoms with E-state index in [0.717, 1.165) is 23.1 Å². The van der Waals surface area contributed by atoms with Crippen LogP contribution < -0.4 is 5.73 Å². The van der Waals surface area contributed by atoms with Crippen molar-refractivity contribution in [2.45, 2.75) is 19.4 Å². The predicted octanol–water partition coefficient (Wildman–Crippen LogP) is 2.45.